The zero-order valence-corrected chi connectivity index (χ0v) is 50.2. The highest BCUT2D eigenvalue weighted by atomic mass is 16.6. The first-order valence-corrected chi connectivity index (χ1v) is 32.0. The summed E-state index contributed by atoms with van der Waals surface area (Å²) in [6.45, 7) is 6.48. The van der Waals surface area contributed by atoms with Crippen LogP contribution in [0.5, 0.6) is 0 Å². The average molecular weight is 1070 g/mol. The molecule has 0 aromatic heterocycles. The maximum atomic E-state index is 12.9. The summed E-state index contributed by atoms with van der Waals surface area (Å²) in [4.78, 5) is 38.3. The van der Waals surface area contributed by atoms with Gasteiger partial charge in [-0.3, -0.25) is 14.4 Å². The molecule has 1 unspecified atom stereocenters. The fourth-order valence-corrected chi connectivity index (χ4v) is 8.62. The van der Waals surface area contributed by atoms with E-state index in [0.717, 1.165) is 148 Å². The van der Waals surface area contributed by atoms with Crippen molar-refractivity contribution in [2.45, 2.75) is 297 Å². The molecule has 0 amide bonds. The number of hydrogen-bond donors (Lipinski definition) is 0. The van der Waals surface area contributed by atoms with Crippen molar-refractivity contribution in [1.82, 2.24) is 0 Å². The molecule has 0 aliphatic rings. The smallest absolute Gasteiger partial charge is 0.306 e. The molecule has 6 heteroatoms. The van der Waals surface area contributed by atoms with Gasteiger partial charge in [0, 0.05) is 19.3 Å². The molecule has 0 fully saturated rings. The molecule has 0 aromatic carbocycles. The number of ether oxygens (including phenoxy) is 3. The molecule has 0 radical (unpaired) electrons. The van der Waals surface area contributed by atoms with E-state index in [1.807, 2.05) is 0 Å². The van der Waals surface area contributed by atoms with Crippen molar-refractivity contribution in [3.63, 3.8) is 0 Å². The Balaban J connectivity index is 4.44. The predicted octanol–water partition coefficient (Wildman–Crippen LogP) is 22.0. The van der Waals surface area contributed by atoms with E-state index in [9.17, 15) is 14.4 Å². The number of hydrogen-bond acceptors (Lipinski definition) is 6. The van der Waals surface area contributed by atoms with Gasteiger partial charge in [0.25, 0.3) is 0 Å². The molecule has 0 spiro atoms. The highest BCUT2D eigenvalue weighted by Crippen LogP contribution is 2.15. The Labute approximate surface area is 475 Å². The Kier molecular flexibility index (Phi) is 60.8. The third-order valence-corrected chi connectivity index (χ3v) is 13.4. The lowest BCUT2D eigenvalue weighted by Gasteiger charge is -2.18. The van der Waals surface area contributed by atoms with Crippen LogP contribution in [0.2, 0.25) is 0 Å². The number of rotatable bonds is 57. The second kappa shape index (κ2) is 64.3. The van der Waals surface area contributed by atoms with Gasteiger partial charge in [0.05, 0.1) is 0 Å². The van der Waals surface area contributed by atoms with Gasteiger partial charge in [0.1, 0.15) is 13.2 Å². The maximum Gasteiger partial charge on any atom is 0.306 e. The van der Waals surface area contributed by atoms with Crippen LogP contribution in [0.1, 0.15) is 290 Å². The van der Waals surface area contributed by atoms with Crippen LogP contribution in [-0.2, 0) is 28.6 Å². The summed E-state index contributed by atoms with van der Waals surface area (Å²) in [7, 11) is 0. The minimum Gasteiger partial charge on any atom is -0.462 e. The standard InChI is InChI=1S/C71H118O6/c1-4-7-10-13-16-19-22-25-28-31-33-34-35-36-37-38-39-41-43-46-49-52-55-58-61-64-70(73)76-67-68(66-75-69(72)63-60-57-54-51-48-45-42-30-27-24-21-18-15-12-9-6-3)77-71(74)65-62-59-56-53-50-47-44-40-32-29-26-23-20-17-14-11-8-5-2/h7,10,16,19-21,23-25,28-30,32-34,36-37,39,41-42,68H,4-6,8-9,11-15,17-18,22,26-27,31,35,38,40,43-67H2,1-3H3/b10-7-,19-16-,23-20-,24-21-,28-25-,32-29-,34-33-,37-36-,41-39-,42-30-. The molecular formula is C71H118O6. The van der Waals surface area contributed by atoms with Gasteiger partial charge in [-0.1, -0.05) is 258 Å². The first kappa shape index (κ1) is 72.8. The van der Waals surface area contributed by atoms with Gasteiger partial charge in [0.15, 0.2) is 6.10 Å². The Hall–Kier alpha value is -4.19. The highest BCUT2D eigenvalue weighted by Gasteiger charge is 2.19. The van der Waals surface area contributed by atoms with Crippen molar-refractivity contribution in [3.05, 3.63) is 122 Å². The van der Waals surface area contributed by atoms with Crippen LogP contribution >= 0.6 is 0 Å². The molecule has 0 heterocycles. The highest BCUT2D eigenvalue weighted by molar-refractivity contribution is 5.71. The van der Waals surface area contributed by atoms with Crippen molar-refractivity contribution >= 4 is 17.9 Å². The van der Waals surface area contributed by atoms with E-state index in [4.69, 9.17) is 14.2 Å². The molecule has 77 heavy (non-hydrogen) atoms. The van der Waals surface area contributed by atoms with Crippen molar-refractivity contribution in [2.24, 2.45) is 0 Å². The predicted molar refractivity (Wildman–Crippen MR) is 334 cm³/mol. The first-order chi connectivity index (χ1) is 38.0. The Morgan fingerprint density at radius 1 is 0.273 bits per heavy atom. The Morgan fingerprint density at radius 3 is 0.792 bits per heavy atom. The molecule has 1 atom stereocenters. The second-order valence-corrected chi connectivity index (χ2v) is 20.9. The first-order valence-electron chi connectivity index (χ1n) is 32.0. The minimum absolute atomic E-state index is 0.0954. The topological polar surface area (TPSA) is 78.9 Å². The number of esters is 3. The van der Waals surface area contributed by atoms with Crippen LogP contribution in [0, 0.1) is 0 Å². The van der Waals surface area contributed by atoms with Crippen LogP contribution in [-0.4, -0.2) is 37.2 Å². The number of allylic oxidation sites excluding steroid dienone is 20. The molecule has 438 valence electrons. The zero-order valence-electron chi connectivity index (χ0n) is 50.2. The summed E-state index contributed by atoms with van der Waals surface area (Å²) in [6, 6.07) is 0. The molecule has 0 rings (SSSR count). The normalized spacial score (nSPS) is 12.9. The lowest BCUT2D eigenvalue weighted by molar-refractivity contribution is -0.167. The molecule has 0 N–H and O–H groups in total. The van der Waals surface area contributed by atoms with E-state index < -0.39 is 6.10 Å². The monoisotopic (exact) mass is 1070 g/mol. The van der Waals surface area contributed by atoms with Crippen LogP contribution in [0.4, 0.5) is 0 Å². The van der Waals surface area contributed by atoms with Gasteiger partial charge < -0.3 is 14.2 Å². The lowest BCUT2D eigenvalue weighted by atomic mass is 10.1. The molecule has 0 aliphatic heterocycles. The van der Waals surface area contributed by atoms with E-state index in [1.165, 1.54) is 103 Å². The number of carbonyl (C=O) groups is 3. The average Bonchev–Trinajstić information content (AvgIpc) is 3.43. The van der Waals surface area contributed by atoms with Crippen LogP contribution in [0.3, 0.4) is 0 Å². The van der Waals surface area contributed by atoms with Crippen molar-refractivity contribution in [2.75, 3.05) is 13.2 Å². The Morgan fingerprint density at radius 2 is 0.506 bits per heavy atom. The summed E-state index contributed by atoms with van der Waals surface area (Å²) in [5, 5.41) is 0. The molecule has 0 saturated heterocycles. The SMILES string of the molecule is CC/C=C\C/C=C\C/C=C\C/C=C\C/C=C\C/C=C\CCCCCCCCC(=O)OCC(COC(=O)CCCCCCC/C=C\C/C=C\CCCCCC)OC(=O)CCCCCCCCC/C=C\C/C=C\CCCCCC. The molecule has 0 saturated carbocycles. The number of carbonyl (C=O) groups excluding carboxylic acids is 3. The van der Waals surface area contributed by atoms with E-state index in [1.54, 1.807) is 0 Å². The summed E-state index contributed by atoms with van der Waals surface area (Å²) in [5.41, 5.74) is 0. The van der Waals surface area contributed by atoms with Gasteiger partial charge in [-0.15, -0.1) is 0 Å². The largest absolute Gasteiger partial charge is 0.462 e. The molecular weight excluding hydrogens is 949 g/mol. The fraction of sp³-hybridized carbons (Fsp3) is 0.676. The van der Waals surface area contributed by atoms with Crippen molar-refractivity contribution in [3.8, 4) is 0 Å². The minimum atomic E-state index is -0.800. The third-order valence-electron chi connectivity index (χ3n) is 13.4. The van der Waals surface area contributed by atoms with Crippen molar-refractivity contribution in [1.29, 1.82) is 0 Å². The van der Waals surface area contributed by atoms with Gasteiger partial charge in [0.2, 0.25) is 0 Å². The summed E-state index contributed by atoms with van der Waals surface area (Å²) >= 11 is 0. The molecule has 0 aromatic rings. The van der Waals surface area contributed by atoms with Crippen LogP contribution < -0.4 is 0 Å². The fourth-order valence-electron chi connectivity index (χ4n) is 8.62. The number of unbranched alkanes of at least 4 members (excludes halogenated alkanes) is 26. The Bertz CT molecular complexity index is 1600. The van der Waals surface area contributed by atoms with E-state index in [2.05, 4.69) is 142 Å². The van der Waals surface area contributed by atoms with Gasteiger partial charge in [-0.05, 0) is 135 Å². The molecule has 0 aliphatic carbocycles. The van der Waals surface area contributed by atoms with Gasteiger partial charge >= 0.3 is 17.9 Å². The van der Waals surface area contributed by atoms with Gasteiger partial charge in [-0.25, -0.2) is 0 Å². The molecule has 0 bridgehead atoms. The van der Waals surface area contributed by atoms with Crippen LogP contribution in [0.25, 0.3) is 0 Å². The van der Waals surface area contributed by atoms with E-state index >= 15 is 0 Å². The molecule has 6 nitrogen and oxygen atoms in total. The quantitative estimate of drug-likeness (QED) is 0.0261. The lowest BCUT2D eigenvalue weighted by Crippen LogP contribution is -2.30. The third kappa shape index (κ3) is 62.5. The van der Waals surface area contributed by atoms with Crippen LogP contribution in [0.15, 0.2) is 122 Å². The van der Waals surface area contributed by atoms with E-state index in [-0.39, 0.29) is 31.1 Å². The summed E-state index contributed by atoms with van der Waals surface area (Å²) in [5.74, 6) is -0.926. The van der Waals surface area contributed by atoms with Gasteiger partial charge in [-0.2, -0.15) is 0 Å². The van der Waals surface area contributed by atoms with Crippen molar-refractivity contribution < 1.29 is 28.6 Å². The summed E-state index contributed by atoms with van der Waals surface area (Å²) in [6.07, 6.45) is 89.0. The maximum absolute atomic E-state index is 12.9. The summed E-state index contributed by atoms with van der Waals surface area (Å²) < 4.78 is 16.9. The second-order valence-electron chi connectivity index (χ2n) is 20.9. The zero-order chi connectivity index (χ0) is 55.7. The van der Waals surface area contributed by atoms with E-state index in [0.29, 0.717) is 19.3 Å².